The van der Waals surface area contributed by atoms with Gasteiger partial charge in [0, 0.05) is 30.3 Å². The average Bonchev–Trinajstić information content (AvgIpc) is 3.29. The molecule has 1 amide bonds. The van der Waals surface area contributed by atoms with Gasteiger partial charge in [-0.2, -0.15) is 0 Å². The first-order chi connectivity index (χ1) is 11.8. The van der Waals surface area contributed by atoms with Gasteiger partial charge in [0.15, 0.2) is 0 Å². The Morgan fingerprint density at radius 3 is 3.00 bits per heavy atom. The van der Waals surface area contributed by atoms with Crippen LogP contribution in [0.1, 0.15) is 35.1 Å². The van der Waals surface area contributed by atoms with E-state index in [1.54, 1.807) is 22.7 Å². The molecule has 1 aromatic carbocycles. The van der Waals surface area contributed by atoms with Crippen LogP contribution >= 0.6 is 22.7 Å². The number of hydrogen-bond acceptors (Lipinski definition) is 4. The van der Waals surface area contributed by atoms with Crippen molar-refractivity contribution in [1.82, 2.24) is 9.88 Å². The van der Waals surface area contributed by atoms with Crippen LogP contribution in [0.4, 0.5) is 0 Å². The fraction of sp³-hybridized carbons (Fsp3) is 0.368. The zero-order chi connectivity index (χ0) is 16.4. The van der Waals surface area contributed by atoms with Crippen LogP contribution in [0.5, 0.6) is 0 Å². The lowest BCUT2D eigenvalue weighted by molar-refractivity contribution is -0.132. The number of aryl methyl sites for hydroxylation is 1. The zero-order valence-corrected chi connectivity index (χ0v) is 15.1. The Bertz CT molecular complexity index is 792. The molecule has 2 aromatic heterocycles. The molecule has 0 unspecified atom stereocenters. The highest BCUT2D eigenvalue weighted by Crippen LogP contribution is 2.33. The van der Waals surface area contributed by atoms with Gasteiger partial charge in [-0.1, -0.05) is 18.2 Å². The second-order valence-electron chi connectivity index (χ2n) is 6.28. The first-order valence-corrected chi connectivity index (χ1v) is 10.1. The topological polar surface area (TPSA) is 33.2 Å². The molecule has 0 spiro atoms. The molecule has 1 aliphatic rings. The number of nitrogens with zero attached hydrogens (tertiary/aromatic N) is 2. The summed E-state index contributed by atoms with van der Waals surface area (Å²) in [6.45, 7) is 1.72. The van der Waals surface area contributed by atoms with Crippen LogP contribution in [-0.4, -0.2) is 28.9 Å². The van der Waals surface area contributed by atoms with Gasteiger partial charge in [-0.25, -0.2) is 4.98 Å². The van der Waals surface area contributed by atoms with Crippen LogP contribution in [-0.2, 0) is 11.2 Å². The molecule has 3 aromatic rings. The van der Waals surface area contributed by atoms with Gasteiger partial charge in [0.05, 0.1) is 15.2 Å². The van der Waals surface area contributed by atoms with Gasteiger partial charge >= 0.3 is 0 Å². The number of fused-ring (bicyclic) bond motifs is 1. The molecule has 1 fully saturated rings. The molecule has 1 aliphatic heterocycles. The first-order valence-electron chi connectivity index (χ1n) is 8.45. The minimum absolute atomic E-state index is 0.286. The molecule has 5 heteroatoms. The van der Waals surface area contributed by atoms with E-state index in [0.29, 0.717) is 12.3 Å². The quantitative estimate of drug-likeness (QED) is 0.679. The Labute approximate surface area is 150 Å². The summed E-state index contributed by atoms with van der Waals surface area (Å²) in [4.78, 5) is 20.7. The second-order valence-corrected chi connectivity index (χ2v) is 8.37. The van der Waals surface area contributed by atoms with Crippen molar-refractivity contribution in [1.29, 1.82) is 0 Å². The molecule has 1 saturated heterocycles. The Kier molecular flexibility index (Phi) is 4.63. The van der Waals surface area contributed by atoms with E-state index in [9.17, 15) is 4.79 Å². The number of amides is 1. The Morgan fingerprint density at radius 1 is 1.25 bits per heavy atom. The summed E-state index contributed by atoms with van der Waals surface area (Å²) in [5.41, 5.74) is 1.08. The summed E-state index contributed by atoms with van der Waals surface area (Å²) in [5.74, 6) is 0.677. The molecule has 4 rings (SSSR count). The number of carbonyl (C=O) groups is 1. The lowest BCUT2D eigenvalue weighted by Crippen LogP contribution is -2.39. The lowest BCUT2D eigenvalue weighted by atomic mass is 9.98. The second kappa shape index (κ2) is 7.03. The van der Waals surface area contributed by atoms with Crippen molar-refractivity contribution in [3.63, 3.8) is 0 Å². The van der Waals surface area contributed by atoms with Gasteiger partial charge in [-0.05, 0) is 42.8 Å². The summed E-state index contributed by atoms with van der Waals surface area (Å²) < 4.78 is 1.24. The summed E-state index contributed by atoms with van der Waals surface area (Å²) >= 11 is 3.51. The number of thiazole rings is 1. The highest BCUT2D eigenvalue weighted by atomic mass is 32.1. The lowest BCUT2D eigenvalue weighted by Gasteiger charge is -2.32. The predicted molar refractivity (Wildman–Crippen MR) is 101 cm³/mol. The SMILES string of the molecule is O=C(CCc1cccs1)N1CCC[C@H](c2nc3ccccc3s2)C1. The Morgan fingerprint density at radius 2 is 2.17 bits per heavy atom. The smallest absolute Gasteiger partial charge is 0.222 e. The van der Waals surface area contributed by atoms with Crippen molar-refractivity contribution in [3.05, 3.63) is 51.7 Å². The monoisotopic (exact) mass is 356 g/mol. The van der Waals surface area contributed by atoms with E-state index in [4.69, 9.17) is 4.98 Å². The van der Waals surface area contributed by atoms with Crippen LogP contribution in [0.15, 0.2) is 41.8 Å². The minimum Gasteiger partial charge on any atom is -0.342 e. The minimum atomic E-state index is 0.286. The molecule has 124 valence electrons. The summed E-state index contributed by atoms with van der Waals surface area (Å²) in [6, 6.07) is 12.5. The third-order valence-electron chi connectivity index (χ3n) is 4.60. The molecular weight excluding hydrogens is 336 g/mol. The predicted octanol–water partition coefficient (Wildman–Crippen LogP) is 4.70. The number of para-hydroxylation sites is 1. The maximum absolute atomic E-state index is 12.6. The van der Waals surface area contributed by atoms with Crippen LogP contribution < -0.4 is 0 Å². The normalized spacial score (nSPS) is 18.2. The van der Waals surface area contributed by atoms with Crippen molar-refractivity contribution >= 4 is 38.8 Å². The van der Waals surface area contributed by atoms with Crippen molar-refractivity contribution in [3.8, 4) is 0 Å². The van der Waals surface area contributed by atoms with E-state index in [0.717, 1.165) is 37.9 Å². The van der Waals surface area contributed by atoms with Crippen LogP contribution in [0, 0.1) is 0 Å². The number of thiophene rings is 1. The third-order valence-corrected chi connectivity index (χ3v) is 6.73. The van der Waals surface area contributed by atoms with Gasteiger partial charge in [-0.3, -0.25) is 4.79 Å². The molecule has 0 aliphatic carbocycles. The highest BCUT2D eigenvalue weighted by molar-refractivity contribution is 7.18. The molecule has 24 heavy (non-hydrogen) atoms. The number of carbonyl (C=O) groups excluding carboxylic acids is 1. The Hall–Kier alpha value is -1.72. The first kappa shape index (κ1) is 15.8. The molecular formula is C19H20N2OS2. The van der Waals surface area contributed by atoms with Crippen molar-refractivity contribution in [2.24, 2.45) is 0 Å². The van der Waals surface area contributed by atoms with E-state index >= 15 is 0 Å². The van der Waals surface area contributed by atoms with Crippen LogP contribution in [0.2, 0.25) is 0 Å². The van der Waals surface area contributed by atoms with Gasteiger partial charge in [0.1, 0.15) is 0 Å². The number of rotatable bonds is 4. The molecule has 3 heterocycles. The summed E-state index contributed by atoms with van der Waals surface area (Å²) in [7, 11) is 0. The van der Waals surface area contributed by atoms with Gasteiger partial charge in [0.2, 0.25) is 5.91 Å². The van der Waals surface area contributed by atoms with Crippen molar-refractivity contribution in [2.75, 3.05) is 13.1 Å². The van der Waals surface area contributed by atoms with Crippen LogP contribution in [0.25, 0.3) is 10.2 Å². The third kappa shape index (κ3) is 3.37. The molecule has 0 radical (unpaired) electrons. The molecule has 3 nitrogen and oxygen atoms in total. The van der Waals surface area contributed by atoms with Crippen molar-refractivity contribution in [2.45, 2.75) is 31.6 Å². The van der Waals surface area contributed by atoms with E-state index < -0.39 is 0 Å². The van der Waals surface area contributed by atoms with Gasteiger partial charge < -0.3 is 4.90 Å². The van der Waals surface area contributed by atoms with Crippen molar-refractivity contribution < 1.29 is 4.79 Å². The van der Waals surface area contributed by atoms with Gasteiger partial charge in [0.25, 0.3) is 0 Å². The number of aromatic nitrogens is 1. The van der Waals surface area contributed by atoms with Gasteiger partial charge in [-0.15, -0.1) is 22.7 Å². The fourth-order valence-electron chi connectivity index (χ4n) is 3.31. The van der Waals surface area contributed by atoms with E-state index in [2.05, 4.69) is 35.7 Å². The number of benzene rings is 1. The summed E-state index contributed by atoms with van der Waals surface area (Å²) in [6.07, 6.45) is 3.69. The van der Waals surface area contributed by atoms with Crippen LogP contribution in [0.3, 0.4) is 0 Å². The average molecular weight is 357 g/mol. The standard InChI is InChI=1S/C19H20N2OS2/c22-18(10-9-15-6-4-12-23-15)21-11-3-5-14(13-21)19-20-16-7-1-2-8-17(16)24-19/h1-2,4,6-8,12,14H,3,5,9-11,13H2/t14-/m0/s1. The highest BCUT2D eigenvalue weighted by Gasteiger charge is 2.26. The molecule has 1 atom stereocenters. The number of likely N-dealkylation sites (tertiary alicyclic amines) is 1. The number of hydrogen-bond donors (Lipinski definition) is 0. The van der Waals surface area contributed by atoms with E-state index in [1.807, 2.05) is 11.0 Å². The fourth-order valence-corrected chi connectivity index (χ4v) is 5.12. The molecule has 0 N–H and O–H groups in total. The molecule has 0 saturated carbocycles. The summed E-state index contributed by atoms with van der Waals surface area (Å²) in [5, 5.41) is 3.26. The number of piperidine rings is 1. The molecule has 0 bridgehead atoms. The maximum atomic E-state index is 12.6. The van der Waals surface area contributed by atoms with E-state index in [1.165, 1.54) is 14.6 Å². The largest absolute Gasteiger partial charge is 0.342 e. The zero-order valence-electron chi connectivity index (χ0n) is 13.5. The Balaban J connectivity index is 1.42. The maximum Gasteiger partial charge on any atom is 0.222 e. The van der Waals surface area contributed by atoms with E-state index in [-0.39, 0.29) is 5.91 Å².